The molecular weight excluding hydrogens is 252 g/mol. The van der Waals surface area contributed by atoms with E-state index in [-0.39, 0.29) is 0 Å². The quantitative estimate of drug-likeness (QED) is 0.824. The molecule has 1 aromatic rings. The molecule has 1 aromatic heterocycles. The Morgan fingerprint density at radius 1 is 1.26 bits per heavy atom. The maximum Gasteiger partial charge on any atom is 0.0419 e. The molecule has 3 heteroatoms. The van der Waals surface area contributed by atoms with Crippen molar-refractivity contribution in [3.8, 4) is 0 Å². The van der Waals surface area contributed by atoms with Crippen LogP contribution in [0.15, 0.2) is 18.3 Å². The minimum atomic E-state index is 0.327. The van der Waals surface area contributed by atoms with E-state index >= 15 is 0 Å². The van der Waals surface area contributed by atoms with Crippen molar-refractivity contribution in [3.05, 3.63) is 29.6 Å². The SMILES string of the molecule is CCNC(CSC(C)(C)C)Cc1ccc(CC)cn1. The summed E-state index contributed by atoms with van der Waals surface area (Å²) in [5, 5.41) is 3.57. The van der Waals surface area contributed by atoms with Crippen molar-refractivity contribution in [2.24, 2.45) is 0 Å². The number of hydrogen-bond acceptors (Lipinski definition) is 3. The summed E-state index contributed by atoms with van der Waals surface area (Å²) in [4.78, 5) is 4.57. The Morgan fingerprint density at radius 3 is 2.47 bits per heavy atom. The molecule has 1 rings (SSSR count). The van der Waals surface area contributed by atoms with Crippen LogP contribution >= 0.6 is 11.8 Å². The van der Waals surface area contributed by atoms with E-state index in [9.17, 15) is 0 Å². The molecule has 108 valence electrons. The monoisotopic (exact) mass is 280 g/mol. The van der Waals surface area contributed by atoms with Crippen LogP contribution in [0.2, 0.25) is 0 Å². The molecule has 2 nitrogen and oxygen atoms in total. The smallest absolute Gasteiger partial charge is 0.0419 e. The number of nitrogens with zero attached hydrogens (tertiary/aromatic N) is 1. The molecule has 0 saturated heterocycles. The van der Waals surface area contributed by atoms with Gasteiger partial charge in [-0.15, -0.1) is 0 Å². The van der Waals surface area contributed by atoms with Crippen LogP contribution in [-0.2, 0) is 12.8 Å². The number of rotatable bonds is 7. The molecule has 0 aliphatic rings. The molecule has 1 heterocycles. The summed E-state index contributed by atoms with van der Waals surface area (Å²) >= 11 is 2.02. The Kier molecular flexibility index (Phi) is 6.87. The normalized spacial score (nSPS) is 13.5. The maximum atomic E-state index is 4.57. The summed E-state index contributed by atoms with van der Waals surface area (Å²) in [6.07, 6.45) is 4.08. The molecule has 0 fully saturated rings. The van der Waals surface area contributed by atoms with E-state index in [1.165, 1.54) is 11.3 Å². The molecule has 0 spiro atoms. The predicted molar refractivity (Wildman–Crippen MR) is 87.0 cm³/mol. The van der Waals surface area contributed by atoms with Crippen LogP contribution in [0, 0.1) is 0 Å². The lowest BCUT2D eigenvalue weighted by Crippen LogP contribution is -2.34. The van der Waals surface area contributed by atoms with Crippen molar-refractivity contribution in [2.45, 2.75) is 58.2 Å². The Labute approximate surface area is 122 Å². The van der Waals surface area contributed by atoms with E-state index in [2.05, 4.69) is 57.1 Å². The van der Waals surface area contributed by atoms with Crippen molar-refractivity contribution < 1.29 is 0 Å². The summed E-state index contributed by atoms with van der Waals surface area (Å²) in [5.41, 5.74) is 2.51. The van der Waals surface area contributed by atoms with E-state index in [0.717, 1.165) is 25.1 Å². The molecule has 0 saturated carbocycles. The van der Waals surface area contributed by atoms with Gasteiger partial charge in [-0.3, -0.25) is 4.98 Å². The summed E-state index contributed by atoms with van der Waals surface area (Å²) in [6.45, 7) is 12.2. The second-order valence-electron chi connectivity index (χ2n) is 5.89. The summed E-state index contributed by atoms with van der Waals surface area (Å²) < 4.78 is 0.327. The van der Waals surface area contributed by atoms with Gasteiger partial charge in [0.15, 0.2) is 0 Å². The zero-order chi connectivity index (χ0) is 14.3. The van der Waals surface area contributed by atoms with Crippen LogP contribution in [0.3, 0.4) is 0 Å². The molecule has 0 radical (unpaired) electrons. The third kappa shape index (κ3) is 6.98. The zero-order valence-corrected chi connectivity index (χ0v) is 13.8. The van der Waals surface area contributed by atoms with Crippen LogP contribution in [0.5, 0.6) is 0 Å². The molecule has 0 aromatic carbocycles. The van der Waals surface area contributed by atoms with Crippen molar-refractivity contribution in [2.75, 3.05) is 12.3 Å². The van der Waals surface area contributed by atoms with Gasteiger partial charge in [0.25, 0.3) is 0 Å². The number of aryl methyl sites for hydroxylation is 1. The molecule has 1 N–H and O–H groups in total. The van der Waals surface area contributed by atoms with Crippen LogP contribution in [0.4, 0.5) is 0 Å². The highest BCUT2D eigenvalue weighted by atomic mass is 32.2. The lowest BCUT2D eigenvalue weighted by Gasteiger charge is -2.23. The lowest BCUT2D eigenvalue weighted by atomic mass is 10.1. The number of hydrogen-bond donors (Lipinski definition) is 1. The zero-order valence-electron chi connectivity index (χ0n) is 13.0. The fourth-order valence-corrected chi connectivity index (χ4v) is 2.80. The molecule has 1 unspecified atom stereocenters. The van der Waals surface area contributed by atoms with Gasteiger partial charge in [-0.05, 0) is 24.6 Å². The number of nitrogens with one attached hydrogen (secondary N) is 1. The van der Waals surface area contributed by atoms with Crippen molar-refractivity contribution in [3.63, 3.8) is 0 Å². The molecule has 0 amide bonds. The largest absolute Gasteiger partial charge is 0.313 e. The van der Waals surface area contributed by atoms with Crippen LogP contribution in [-0.4, -0.2) is 28.1 Å². The van der Waals surface area contributed by atoms with Gasteiger partial charge in [0.05, 0.1) is 0 Å². The lowest BCUT2D eigenvalue weighted by molar-refractivity contribution is 0.564. The fraction of sp³-hybridized carbons (Fsp3) is 0.688. The average Bonchev–Trinajstić information content (AvgIpc) is 2.36. The van der Waals surface area contributed by atoms with E-state index in [1.807, 2.05) is 18.0 Å². The number of thioether (sulfide) groups is 1. The summed E-state index contributed by atoms with van der Waals surface area (Å²) in [7, 11) is 0. The molecular formula is C16H28N2S. The first kappa shape index (κ1) is 16.5. The molecule has 1 atom stereocenters. The number of aromatic nitrogens is 1. The third-order valence-electron chi connectivity index (χ3n) is 2.96. The van der Waals surface area contributed by atoms with E-state index in [4.69, 9.17) is 0 Å². The number of pyridine rings is 1. The van der Waals surface area contributed by atoms with Crippen molar-refractivity contribution in [1.82, 2.24) is 10.3 Å². The van der Waals surface area contributed by atoms with Gasteiger partial charge in [-0.1, -0.05) is 40.7 Å². The Hall–Kier alpha value is -0.540. The third-order valence-corrected chi connectivity index (χ3v) is 4.40. The summed E-state index contributed by atoms with van der Waals surface area (Å²) in [5.74, 6) is 1.13. The fourth-order valence-electron chi connectivity index (χ4n) is 1.87. The van der Waals surface area contributed by atoms with Crippen LogP contribution in [0.25, 0.3) is 0 Å². The maximum absolute atomic E-state index is 4.57. The van der Waals surface area contributed by atoms with Gasteiger partial charge in [0.2, 0.25) is 0 Å². The minimum absolute atomic E-state index is 0.327. The van der Waals surface area contributed by atoms with Crippen LogP contribution in [0.1, 0.15) is 45.9 Å². The first-order chi connectivity index (χ1) is 8.94. The highest BCUT2D eigenvalue weighted by molar-refractivity contribution is 8.00. The molecule has 0 aliphatic heterocycles. The predicted octanol–water partition coefficient (Wildman–Crippen LogP) is 3.70. The van der Waals surface area contributed by atoms with Crippen LogP contribution < -0.4 is 5.32 Å². The first-order valence-corrected chi connectivity index (χ1v) is 8.24. The van der Waals surface area contributed by atoms with Gasteiger partial charge in [-0.25, -0.2) is 0 Å². The highest BCUT2D eigenvalue weighted by Gasteiger charge is 2.16. The van der Waals surface area contributed by atoms with Gasteiger partial charge in [-0.2, -0.15) is 11.8 Å². The highest BCUT2D eigenvalue weighted by Crippen LogP contribution is 2.24. The van der Waals surface area contributed by atoms with E-state index < -0.39 is 0 Å². The molecule has 0 bridgehead atoms. The Bertz CT molecular complexity index is 354. The van der Waals surface area contributed by atoms with Crippen molar-refractivity contribution >= 4 is 11.8 Å². The standard InChI is InChI=1S/C16H28N2S/c1-6-13-8-9-14(18-11-13)10-15(17-7-2)12-19-16(3,4)5/h8-9,11,15,17H,6-7,10,12H2,1-5H3. The molecule has 19 heavy (non-hydrogen) atoms. The van der Waals surface area contributed by atoms with Crippen molar-refractivity contribution in [1.29, 1.82) is 0 Å². The summed E-state index contributed by atoms with van der Waals surface area (Å²) in [6, 6.07) is 4.88. The second-order valence-corrected chi connectivity index (χ2v) is 7.74. The Morgan fingerprint density at radius 2 is 2.00 bits per heavy atom. The minimum Gasteiger partial charge on any atom is -0.313 e. The Balaban J connectivity index is 2.56. The number of likely N-dealkylation sites (N-methyl/N-ethyl adjacent to an activating group) is 1. The average molecular weight is 280 g/mol. The van der Waals surface area contributed by atoms with Gasteiger partial charge in [0.1, 0.15) is 0 Å². The molecule has 0 aliphatic carbocycles. The van der Waals surface area contributed by atoms with Gasteiger partial charge < -0.3 is 5.32 Å². The first-order valence-electron chi connectivity index (χ1n) is 7.25. The second kappa shape index (κ2) is 7.91. The van der Waals surface area contributed by atoms with Gasteiger partial charge in [0, 0.05) is 34.9 Å². The van der Waals surface area contributed by atoms with E-state index in [1.54, 1.807) is 0 Å². The van der Waals surface area contributed by atoms with Gasteiger partial charge >= 0.3 is 0 Å². The topological polar surface area (TPSA) is 24.9 Å². The van der Waals surface area contributed by atoms with E-state index in [0.29, 0.717) is 10.8 Å².